The van der Waals surface area contributed by atoms with Gasteiger partial charge in [-0.2, -0.15) is 0 Å². The number of aliphatic hydroxyl groups is 1. The Morgan fingerprint density at radius 1 is 1.24 bits per heavy atom. The Hall–Kier alpha value is -2.93. The van der Waals surface area contributed by atoms with Gasteiger partial charge in [-0.15, -0.1) is 0 Å². The Balaban J connectivity index is 2.06. The number of aliphatic hydroxyl groups excluding tert-OH is 1. The molecule has 154 valence electrons. The average Bonchev–Trinajstić information content (AvgIpc) is 3.32. The molecule has 29 heavy (non-hydrogen) atoms. The van der Waals surface area contributed by atoms with Gasteiger partial charge < -0.3 is 19.3 Å². The molecule has 1 unspecified atom stereocenters. The van der Waals surface area contributed by atoms with Crippen LogP contribution in [0, 0.1) is 12.7 Å². The van der Waals surface area contributed by atoms with E-state index in [2.05, 4.69) is 4.90 Å². The molecular formula is C22H25FN2O4. The lowest BCUT2D eigenvalue weighted by atomic mass is 9.98. The van der Waals surface area contributed by atoms with Crippen molar-refractivity contribution >= 4 is 17.4 Å². The molecular weight excluding hydrogens is 375 g/mol. The summed E-state index contributed by atoms with van der Waals surface area (Å²) in [7, 11) is 0. The third-order valence-corrected chi connectivity index (χ3v) is 5.34. The Kier molecular flexibility index (Phi) is 6.17. The van der Waals surface area contributed by atoms with Crippen molar-refractivity contribution in [1.82, 2.24) is 9.80 Å². The number of ketones is 1. The van der Waals surface area contributed by atoms with Gasteiger partial charge in [0.05, 0.1) is 11.8 Å². The van der Waals surface area contributed by atoms with Crippen molar-refractivity contribution in [2.45, 2.75) is 26.8 Å². The number of benzene rings is 1. The van der Waals surface area contributed by atoms with Crippen molar-refractivity contribution in [1.29, 1.82) is 0 Å². The van der Waals surface area contributed by atoms with Crippen LogP contribution in [-0.4, -0.2) is 52.8 Å². The number of amides is 1. The quantitative estimate of drug-likeness (QED) is 0.438. The number of Topliss-reactive ketones (excluding diaryl/α,β-unsaturated/α-hetero) is 1. The number of halogens is 1. The molecule has 6 nitrogen and oxygen atoms in total. The summed E-state index contributed by atoms with van der Waals surface area (Å²) in [6, 6.07) is 6.58. The SMILES string of the molecule is CCN(CC)CCN1C(=O)C(=O)/C(=C(\O)c2ccc(F)c(C)c2)C1c1ccco1. The van der Waals surface area contributed by atoms with E-state index >= 15 is 0 Å². The van der Waals surface area contributed by atoms with Gasteiger partial charge in [0, 0.05) is 18.7 Å². The minimum absolute atomic E-state index is 0.0458. The van der Waals surface area contributed by atoms with E-state index in [1.54, 1.807) is 19.1 Å². The maximum absolute atomic E-state index is 13.6. The Morgan fingerprint density at radius 2 is 1.97 bits per heavy atom. The number of rotatable bonds is 7. The molecule has 0 aliphatic carbocycles. The molecule has 1 saturated heterocycles. The normalized spacial score (nSPS) is 18.8. The summed E-state index contributed by atoms with van der Waals surface area (Å²) in [6.07, 6.45) is 1.46. The second kappa shape index (κ2) is 8.61. The van der Waals surface area contributed by atoms with E-state index in [0.29, 0.717) is 24.4 Å². The highest BCUT2D eigenvalue weighted by Crippen LogP contribution is 2.39. The zero-order valence-electron chi connectivity index (χ0n) is 16.8. The molecule has 1 aromatic heterocycles. The van der Waals surface area contributed by atoms with Gasteiger partial charge in [-0.3, -0.25) is 9.59 Å². The Labute approximate surface area is 169 Å². The molecule has 1 N–H and O–H groups in total. The molecule has 0 bridgehead atoms. The highest BCUT2D eigenvalue weighted by molar-refractivity contribution is 6.46. The minimum atomic E-state index is -0.828. The van der Waals surface area contributed by atoms with E-state index in [1.807, 2.05) is 13.8 Å². The number of hydrogen-bond donors (Lipinski definition) is 1. The lowest BCUT2D eigenvalue weighted by molar-refractivity contribution is -0.140. The second-order valence-corrected chi connectivity index (χ2v) is 7.00. The van der Waals surface area contributed by atoms with Gasteiger partial charge in [-0.1, -0.05) is 13.8 Å². The van der Waals surface area contributed by atoms with Gasteiger partial charge in [0.1, 0.15) is 23.4 Å². The molecule has 0 spiro atoms. The number of likely N-dealkylation sites (tertiary alicyclic amines) is 1. The summed E-state index contributed by atoms with van der Waals surface area (Å²) in [5.41, 5.74) is 0.567. The van der Waals surface area contributed by atoms with Gasteiger partial charge >= 0.3 is 0 Å². The van der Waals surface area contributed by atoms with Crippen LogP contribution < -0.4 is 0 Å². The van der Waals surface area contributed by atoms with E-state index in [9.17, 15) is 19.1 Å². The minimum Gasteiger partial charge on any atom is -0.507 e. The van der Waals surface area contributed by atoms with Crippen molar-refractivity contribution in [3.8, 4) is 0 Å². The first-order chi connectivity index (χ1) is 13.9. The molecule has 1 fully saturated rings. The van der Waals surface area contributed by atoms with Crippen LogP contribution in [-0.2, 0) is 9.59 Å². The number of nitrogens with zero attached hydrogens (tertiary/aromatic N) is 2. The number of aryl methyl sites for hydroxylation is 1. The summed E-state index contributed by atoms with van der Waals surface area (Å²) in [5, 5.41) is 10.9. The van der Waals surface area contributed by atoms with Crippen molar-refractivity contribution in [2.75, 3.05) is 26.2 Å². The molecule has 0 radical (unpaired) electrons. The van der Waals surface area contributed by atoms with E-state index in [1.165, 1.54) is 29.4 Å². The van der Waals surface area contributed by atoms with Crippen molar-refractivity contribution in [3.05, 3.63) is 64.9 Å². The van der Waals surface area contributed by atoms with Gasteiger partial charge in [-0.05, 0) is 55.9 Å². The predicted octanol–water partition coefficient (Wildman–Crippen LogP) is 3.49. The van der Waals surface area contributed by atoms with Crippen LogP contribution in [0.2, 0.25) is 0 Å². The van der Waals surface area contributed by atoms with Crippen molar-refractivity contribution < 1.29 is 23.5 Å². The summed E-state index contributed by atoms with van der Waals surface area (Å²) in [4.78, 5) is 29.2. The number of likely N-dealkylation sites (N-methyl/N-ethyl adjacent to an activating group) is 1. The molecule has 0 saturated carbocycles. The standard InChI is InChI=1S/C22H25FN2O4/c1-4-24(5-2)10-11-25-19(17-7-6-12-29-17)18(21(27)22(25)28)20(26)15-8-9-16(23)14(3)13-15/h6-9,12-13,19,26H,4-5,10-11H2,1-3H3/b20-18-. The van der Waals surface area contributed by atoms with Crippen molar-refractivity contribution in [3.63, 3.8) is 0 Å². The molecule has 3 rings (SSSR count). The first-order valence-electron chi connectivity index (χ1n) is 9.69. The predicted molar refractivity (Wildman–Crippen MR) is 107 cm³/mol. The number of hydrogen-bond acceptors (Lipinski definition) is 5. The molecule has 1 atom stereocenters. The Bertz CT molecular complexity index is 932. The van der Waals surface area contributed by atoms with E-state index in [-0.39, 0.29) is 16.9 Å². The van der Waals surface area contributed by atoms with Crippen LogP contribution in [0.1, 0.15) is 36.8 Å². The first-order valence-corrected chi connectivity index (χ1v) is 9.69. The molecule has 1 aliphatic rings. The first kappa shape index (κ1) is 20.8. The third-order valence-electron chi connectivity index (χ3n) is 5.34. The topological polar surface area (TPSA) is 74.0 Å². The summed E-state index contributed by atoms with van der Waals surface area (Å²) >= 11 is 0. The fourth-order valence-corrected chi connectivity index (χ4v) is 3.59. The molecule has 1 amide bonds. The van der Waals surface area contributed by atoms with Crippen LogP contribution in [0.25, 0.3) is 5.76 Å². The summed E-state index contributed by atoms with van der Waals surface area (Å²) in [5.74, 6) is -1.81. The smallest absolute Gasteiger partial charge is 0.295 e. The van der Waals surface area contributed by atoms with Gasteiger partial charge in [0.15, 0.2) is 0 Å². The van der Waals surface area contributed by atoms with Crippen molar-refractivity contribution in [2.24, 2.45) is 0 Å². The van der Waals surface area contributed by atoms with Crippen LogP contribution in [0.3, 0.4) is 0 Å². The highest BCUT2D eigenvalue weighted by atomic mass is 19.1. The molecule has 1 aliphatic heterocycles. The lowest BCUT2D eigenvalue weighted by Crippen LogP contribution is -2.37. The largest absolute Gasteiger partial charge is 0.507 e. The van der Waals surface area contributed by atoms with Crippen LogP contribution >= 0.6 is 0 Å². The zero-order valence-corrected chi connectivity index (χ0v) is 16.8. The summed E-state index contributed by atoms with van der Waals surface area (Å²) < 4.78 is 19.1. The second-order valence-electron chi connectivity index (χ2n) is 7.00. The number of carbonyl (C=O) groups is 2. The molecule has 7 heteroatoms. The van der Waals surface area contributed by atoms with Crippen LogP contribution in [0.15, 0.2) is 46.6 Å². The van der Waals surface area contributed by atoms with Gasteiger partial charge in [0.2, 0.25) is 0 Å². The zero-order chi connectivity index (χ0) is 21.1. The Morgan fingerprint density at radius 3 is 2.55 bits per heavy atom. The maximum Gasteiger partial charge on any atom is 0.295 e. The van der Waals surface area contributed by atoms with E-state index in [0.717, 1.165) is 13.1 Å². The number of furan rings is 1. The third kappa shape index (κ3) is 3.96. The van der Waals surface area contributed by atoms with Crippen LogP contribution in [0.5, 0.6) is 0 Å². The van der Waals surface area contributed by atoms with Crippen LogP contribution in [0.4, 0.5) is 4.39 Å². The molecule has 1 aromatic carbocycles. The monoisotopic (exact) mass is 400 g/mol. The van der Waals surface area contributed by atoms with Gasteiger partial charge in [-0.25, -0.2) is 4.39 Å². The average molecular weight is 400 g/mol. The van der Waals surface area contributed by atoms with E-state index in [4.69, 9.17) is 4.42 Å². The molecule has 2 aromatic rings. The summed E-state index contributed by atoms with van der Waals surface area (Å²) in [6.45, 7) is 8.17. The highest BCUT2D eigenvalue weighted by Gasteiger charge is 2.47. The lowest BCUT2D eigenvalue weighted by Gasteiger charge is -2.26. The van der Waals surface area contributed by atoms with Gasteiger partial charge in [0.25, 0.3) is 11.7 Å². The fraction of sp³-hybridized carbons (Fsp3) is 0.364. The maximum atomic E-state index is 13.6. The van der Waals surface area contributed by atoms with E-state index < -0.39 is 23.5 Å². The fourth-order valence-electron chi connectivity index (χ4n) is 3.59. The molecule has 2 heterocycles. The number of carbonyl (C=O) groups excluding carboxylic acids is 2.